The highest BCUT2D eigenvalue weighted by molar-refractivity contribution is 6.06. The van der Waals surface area contributed by atoms with Crippen molar-refractivity contribution in [2.45, 2.75) is 13.3 Å². The zero-order chi connectivity index (χ0) is 13.9. The summed E-state index contributed by atoms with van der Waals surface area (Å²) < 4.78 is 5.35. The van der Waals surface area contributed by atoms with Gasteiger partial charge in [-0.25, -0.2) is 0 Å². The van der Waals surface area contributed by atoms with Gasteiger partial charge in [0, 0.05) is 0 Å². The topological polar surface area (TPSA) is 62.9 Å². The Kier molecular flexibility index (Phi) is 2.28. The molecule has 5 nitrogen and oxygen atoms in total. The minimum absolute atomic E-state index is 0.170. The van der Waals surface area contributed by atoms with Gasteiger partial charge in [-0.05, 0) is 37.3 Å². The summed E-state index contributed by atoms with van der Waals surface area (Å²) in [4.78, 5) is 24.7. The molecule has 1 saturated heterocycles. The third-order valence-corrected chi connectivity index (χ3v) is 4.51. The van der Waals surface area contributed by atoms with Crippen LogP contribution in [-0.4, -0.2) is 23.0 Å². The van der Waals surface area contributed by atoms with Crippen molar-refractivity contribution in [2.24, 2.45) is 28.8 Å². The van der Waals surface area contributed by atoms with Crippen LogP contribution in [0.2, 0.25) is 0 Å². The highest BCUT2D eigenvalue weighted by atomic mass is 16.3. The molecule has 0 aromatic carbocycles. The van der Waals surface area contributed by atoms with Crippen LogP contribution in [0, 0.1) is 30.6 Å². The van der Waals surface area contributed by atoms with E-state index >= 15 is 0 Å². The highest BCUT2D eigenvalue weighted by Gasteiger charge is 2.59. The standard InChI is InChI=1S/C15H14N2O3/c1-8-2-5-11(20-8)7-16-17-14(18)12-9-3-4-10(6-9)13(12)15(17)19/h2-5,7,9-10,12-13H,6H2,1H3/t9-,10-,12-,13+/m0/s1. The van der Waals surface area contributed by atoms with Crippen molar-refractivity contribution in [3.05, 3.63) is 35.8 Å². The van der Waals surface area contributed by atoms with E-state index in [0.29, 0.717) is 5.76 Å². The highest BCUT2D eigenvalue weighted by Crippen LogP contribution is 2.52. The first-order chi connectivity index (χ1) is 9.65. The number of amides is 2. The zero-order valence-electron chi connectivity index (χ0n) is 11.0. The number of allylic oxidation sites excluding steroid dienone is 2. The van der Waals surface area contributed by atoms with E-state index in [4.69, 9.17) is 4.42 Å². The van der Waals surface area contributed by atoms with Gasteiger partial charge in [-0.15, -0.1) is 0 Å². The summed E-state index contributed by atoms with van der Waals surface area (Å²) in [5.74, 6) is 1.000. The van der Waals surface area contributed by atoms with E-state index in [-0.39, 0.29) is 35.5 Å². The van der Waals surface area contributed by atoms with Gasteiger partial charge in [-0.2, -0.15) is 10.1 Å². The number of imide groups is 1. The number of hydrazone groups is 1. The Balaban J connectivity index is 1.60. The molecular formula is C15H14N2O3. The third kappa shape index (κ3) is 1.46. The Morgan fingerprint density at radius 2 is 1.85 bits per heavy atom. The molecule has 20 heavy (non-hydrogen) atoms. The van der Waals surface area contributed by atoms with Crippen LogP contribution in [0.1, 0.15) is 17.9 Å². The SMILES string of the molecule is Cc1ccc(C=NN2C(=O)[C@@H]3[C@H](C2=O)[C@H]2C=C[C@H]3C2)o1. The summed E-state index contributed by atoms with van der Waals surface area (Å²) in [6, 6.07) is 3.57. The predicted molar refractivity (Wildman–Crippen MR) is 70.6 cm³/mol. The van der Waals surface area contributed by atoms with Crippen LogP contribution in [0.3, 0.4) is 0 Å². The van der Waals surface area contributed by atoms with Crippen molar-refractivity contribution in [3.63, 3.8) is 0 Å². The maximum Gasteiger partial charge on any atom is 0.254 e. The van der Waals surface area contributed by atoms with Crippen LogP contribution in [0.25, 0.3) is 0 Å². The van der Waals surface area contributed by atoms with E-state index in [0.717, 1.165) is 17.2 Å². The lowest BCUT2D eigenvalue weighted by atomic mass is 9.85. The monoisotopic (exact) mass is 270 g/mol. The molecule has 0 unspecified atom stereocenters. The maximum absolute atomic E-state index is 12.3. The number of aryl methyl sites for hydroxylation is 1. The molecule has 2 aliphatic carbocycles. The lowest BCUT2D eigenvalue weighted by Gasteiger charge is -2.13. The minimum Gasteiger partial charge on any atom is -0.460 e. The second-order valence-corrected chi connectivity index (χ2v) is 5.68. The summed E-state index contributed by atoms with van der Waals surface area (Å²) in [5.41, 5.74) is 0. The van der Waals surface area contributed by atoms with E-state index in [1.807, 2.05) is 13.0 Å². The molecule has 4 atom stereocenters. The average molecular weight is 270 g/mol. The average Bonchev–Trinajstić information content (AvgIpc) is 3.15. The van der Waals surface area contributed by atoms with Crippen LogP contribution in [-0.2, 0) is 9.59 Å². The van der Waals surface area contributed by atoms with Crippen molar-refractivity contribution >= 4 is 18.0 Å². The molecule has 102 valence electrons. The van der Waals surface area contributed by atoms with E-state index in [2.05, 4.69) is 17.3 Å². The van der Waals surface area contributed by atoms with E-state index < -0.39 is 0 Å². The molecule has 0 N–H and O–H groups in total. The van der Waals surface area contributed by atoms with Gasteiger partial charge in [-0.1, -0.05) is 12.2 Å². The van der Waals surface area contributed by atoms with Gasteiger partial charge >= 0.3 is 0 Å². The smallest absolute Gasteiger partial charge is 0.254 e. The second-order valence-electron chi connectivity index (χ2n) is 5.68. The molecule has 0 spiro atoms. The number of rotatable bonds is 2. The van der Waals surface area contributed by atoms with Crippen molar-refractivity contribution in [3.8, 4) is 0 Å². The van der Waals surface area contributed by atoms with Crippen molar-refractivity contribution in [1.29, 1.82) is 0 Å². The van der Waals surface area contributed by atoms with Gasteiger partial charge in [0.2, 0.25) is 0 Å². The predicted octanol–water partition coefficient (Wildman–Crippen LogP) is 1.73. The molecule has 1 aromatic heterocycles. The van der Waals surface area contributed by atoms with Crippen molar-refractivity contribution < 1.29 is 14.0 Å². The van der Waals surface area contributed by atoms with Crippen molar-refractivity contribution in [2.75, 3.05) is 0 Å². The number of nitrogens with zero attached hydrogens (tertiary/aromatic N) is 2. The fourth-order valence-corrected chi connectivity index (χ4v) is 3.64. The van der Waals surface area contributed by atoms with E-state index in [9.17, 15) is 9.59 Å². The number of hydrogen-bond donors (Lipinski definition) is 0. The summed E-state index contributed by atoms with van der Waals surface area (Å²) in [5, 5.41) is 5.06. The summed E-state index contributed by atoms with van der Waals surface area (Å²) in [7, 11) is 0. The van der Waals surface area contributed by atoms with Gasteiger partial charge in [0.05, 0.1) is 18.1 Å². The summed E-state index contributed by atoms with van der Waals surface area (Å²) in [6.07, 6.45) is 6.50. The van der Waals surface area contributed by atoms with Gasteiger partial charge in [0.25, 0.3) is 11.8 Å². The first-order valence-electron chi connectivity index (χ1n) is 6.82. The Bertz CT molecular complexity index is 628. The normalized spacial score (nSPS) is 34.8. The Hall–Kier alpha value is -2.17. The number of carbonyl (C=O) groups is 2. The second kappa shape index (κ2) is 3.91. The van der Waals surface area contributed by atoms with Gasteiger partial charge in [0.1, 0.15) is 11.5 Å². The first kappa shape index (κ1) is 11.6. The third-order valence-electron chi connectivity index (χ3n) is 4.51. The van der Waals surface area contributed by atoms with Crippen LogP contribution in [0.15, 0.2) is 33.8 Å². The van der Waals surface area contributed by atoms with Gasteiger partial charge in [0.15, 0.2) is 0 Å². The van der Waals surface area contributed by atoms with Crippen LogP contribution in [0.4, 0.5) is 0 Å². The molecule has 4 rings (SSSR count). The molecule has 1 aliphatic heterocycles. The van der Waals surface area contributed by atoms with Crippen LogP contribution >= 0.6 is 0 Å². The molecule has 3 aliphatic rings. The quantitative estimate of drug-likeness (QED) is 0.467. The number of fused-ring (bicyclic) bond motifs is 5. The Labute approximate surface area is 115 Å². The largest absolute Gasteiger partial charge is 0.460 e. The summed E-state index contributed by atoms with van der Waals surface area (Å²) >= 11 is 0. The molecule has 2 bridgehead atoms. The van der Waals surface area contributed by atoms with Gasteiger partial charge in [-0.3, -0.25) is 9.59 Å². The van der Waals surface area contributed by atoms with Gasteiger partial charge < -0.3 is 4.42 Å². The maximum atomic E-state index is 12.3. The van der Waals surface area contributed by atoms with Crippen LogP contribution in [0.5, 0.6) is 0 Å². The zero-order valence-corrected chi connectivity index (χ0v) is 11.0. The first-order valence-corrected chi connectivity index (χ1v) is 6.82. The molecule has 2 fully saturated rings. The Morgan fingerprint density at radius 3 is 2.40 bits per heavy atom. The van der Waals surface area contributed by atoms with E-state index in [1.54, 1.807) is 6.07 Å². The summed E-state index contributed by atoms with van der Waals surface area (Å²) in [6.45, 7) is 1.83. The molecule has 2 amide bonds. The van der Waals surface area contributed by atoms with E-state index in [1.165, 1.54) is 6.21 Å². The fraction of sp³-hybridized carbons (Fsp3) is 0.400. The number of carbonyl (C=O) groups excluding carboxylic acids is 2. The number of hydrogen-bond acceptors (Lipinski definition) is 4. The fourth-order valence-electron chi connectivity index (χ4n) is 3.64. The molecule has 1 aromatic rings. The number of furan rings is 1. The molecule has 1 saturated carbocycles. The Morgan fingerprint density at radius 1 is 1.20 bits per heavy atom. The molecule has 0 radical (unpaired) electrons. The lowest BCUT2D eigenvalue weighted by molar-refractivity contribution is -0.140. The molecule has 2 heterocycles. The molecular weight excluding hydrogens is 256 g/mol. The molecule has 5 heteroatoms. The van der Waals surface area contributed by atoms with Crippen LogP contribution < -0.4 is 0 Å². The van der Waals surface area contributed by atoms with Crippen molar-refractivity contribution in [1.82, 2.24) is 5.01 Å². The minimum atomic E-state index is -0.201. The lowest BCUT2D eigenvalue weighted by Crippen LogP contribution is -2.28.